The molecular formula is C12H12N4O3. The number of carbonyl (C=O) groups is 2. The Hall–Kier alpha value is -2.70. The number of carboxylic acid groups (broad SMARTS) is 1. The number of imidazole rings is 1. The molecule has 2 aromatic rings. The van der Waals surface area contributed by atoms with Crippen LogP contribution in [0, 0.1) is 0 Å². The van der Waals surface area contributed by atoms with Crippen molar-refractivity contribution in [1.29, 1.82) is 0 Å². The fourth-order valence-electron chi connectivity index (χ4n) is 1.60. The van der Waals surface area contributed by atoms with Gasteiger partial charge in [0.25, 0.3) is 5.91 Å². The van der Waals surface area contributed by atoms with Crippen molar-refractivity contribution in [1.82, 2.24) is 20.3 Å². The average Bonchev–Trinajstić information content (AvgIpc) is 2.89. The first kappa shape index (κ1) is 12.7. The maximum Gasteiger partial charge on any atom is 0.354 e. The van der Waals surface area contributed by atoms with Crippen LogP contribution in [0.15, 0.2) is 30.7 Å². The number of aromatic amines is 1. The topological polar surface area (TPSA) is 108 Å². The summed E-state index contributed by atoms with van der Waals surface area (Å²) in [4.78, 5) is 33.0. The minimum absolute atomic E-state index is 0.143. The van der Waals surface area contributed by atoms with Gasteiger partial charge in [-0.3, -0.25) is 9.78 Å². The standard InChI is InChI=1S/C12H12N4O3/c1-7(8-4-2-3-5-13-8)16-11(17)9-10(12(18)19)15-6-14-9/h2-7H,1H3,(H,14,15)(H,16,17)(H,18,19)/t7-/m0/s1. The highest BCUT2D eigenvalue weighted by Crippen LogP contribution is 2.10. The van der Waals surface area contributed by atoms with Gasteiger partial charge in [-0.1, -0.05) is 6.07 Å². The van der Waals surface area contributed by atoms with Crippen molar-refractivity contribution in [2.24, 2.45) is 0 Å². The Kier molecular flexibility index (Phi) is 3.56. The van der Waals surface area contributed by atoms with Crippen LogP contribution in [0.1, 0.15) is 39.6 Å². The summed E-state index contributed by atoms with van der Waals surface area (Å²) in [5, 5.41) is 11.5. The number of aromatic carboxylic acids is 1. The van der Waals surface area contributed by atoms with Crippen molar-refractivity contribution in [2.75, 3.05) is 0 Å². The summed E-state index contributed by atoms with van der Waals surface area (Å²) in [5.74, 6) is -1.79. The number of carbonyl (C=O) groups excluding carboxylic acids is 1. The van der Waals surface area contributed by atoms with Crippen molar-refractivity contribution in [3.63, 3.8) is 0 Å². The maximum atomic E-state index is 11.9. The summed E-state index contributed by atoms with van der Waals surface area (Å²) >= 11 is 0. The Morgan fingerprint density at radius 3 is 2.79 bits per heavy atom. The van der Waals surface area contributed by atoms with E-state index >= 15 is 0 Å². The minimum Gasteiger partial charge on any atom is -0.477 e. The van der Waals surface area contributed by atoms with Crippen LogP contribution in [0.2, 0.25) is 0 Å². The Labute approximate surface area is 108 Å². The van der Waals surface area contributed by atoms with Gasteiger partial charge in [-0.05, 0) is 19.1 Å². The molecule has 1 atom stereocenters. The lowest BCUT2D eigenvalue weighted by atomic mass is 10.2. The zero-order valence-corrected chi connectivity index (χ0v) is 10.1. The molecule has 0 aliphatic rings. The van der Waals surface area contributed by atoms with Gasteiger partial charge < -0.3 is 15.4 Å². The first-order valence-corrected chi connectivity index (χ1v) is 5.58. The quantitative estimate of drug-likeness (QED) is 0.759. The number of aromatic nitrogens is 3. The molecule has 0 fully saturated rings. The molecule has 0 aromatic carbocycles. The smallest absolute Gasteiger partial charge is 0.354 e. The maximum absolute atomic E-state index is 11.9. The molecule has 0 radical (unpaired) electrons. The van der Waals surface area contributed by atoms with E-state index in [1.807, 2.05) is 6.07 Å². The molecule has 2 rings (SSSR count). The zero-order chi connectivity index (χ0) is 13.8. The summed E-state index contributed by atoms with van der Waals surface area (Å²) in [6, 6.07) is 5.01. The summed E-state index contributed by atoms with van der Waals surface area (Å²) in [6.45, 7) is 1.76. The first-order valence-electron chi connectivity index (χ1n) is 5.58. The lowest BCUT2D eigenvalue weighted by Gasteiger charge is -2.12. The second kappa shape index (κ2) is 5.30. The molecule has 0 saturated carbocycles. The van der Waals surface area contributed by atoms with E-state index in [0.717, 1.165) is 0 Å². The van der Waals surface area contributed by atoms with Gasteiger partial charge in [0.2, 0.25) is 0 Å². The number of hydrogen-bond donors (Lipinski definition) is 3. The van der Waals surface area contributed by atoms with Crippen LogP contribution < -0.4 is 5.32 Å². The molecule has 0 bridgehead atoms. The molecule has 0 unspecified atom stereocenters. The molecule has 0 saturated heterocycles. The molecule has 7 nitrogen and oxygen atoms in total. The number of carboxylic acids is 1. The zero-order valence-electron chi connectivity index (χ0n) is 10.1. The molecule has 7 heteroatoms. The van der Waals surface area contributed by atoms with Crippen molar-refractivity contribution in [3.05, 3.63) is 47.8 Å². The highest BCUT2D eigenvalue weighted by atomic mass is 16.4. The highest BCUT2D eigenvalue weighted by molar-refractivity contribution is 6.02. The molecule has 2 heterocycles. The number of pyridine rings is 1. The number of hydrogen-bond acceptors (Lipinski definition) is 4. The molecule has 0 aliphatic heterocycles. The fraction of sp³-hybridized carbons (Fsp3) is 0.167. The lowest BCUT2D eigenvalue weighted by Crippen LogP contribution is -2.28. The monoisotopic (exact) mass is 260 g/mol. The third-order valence-corrected chi connectivity index (χ3v) is 2.55. The van der Waals surface area contributed by atoms with E-state index in [0.29, 0.717) is 5.69 Å². The average molecular weight is 260 g/mol. The van der Waals surface area contributed by atoms with Gasteiger partial charge in [0.05, 0.1) is 18.1 Å². The van der Waals surface area contributed by atoms with Crippen molar-refractivity contribution in [2.45, 2.75) is 13.0 Å². The van der Waals surface area contributed by atoms with Crippen LogP contribution in [-0.4, -0.2) is 31.9 Å². The summed E-state index contributed by atoms with van der Waals surface area (Å²) in [7, 11) is 0. The van der Waals surface area contributed by atoms with Crippen LogP contribution in [0.4, 0.5) is 0 Å². The molecule has 3 N–H and O–H groups in total. The normalized spacial score (nSPS) is 11.8. The largest absolute Gasteiger partial charge is 0.477 e. The molecule has 0 spiro atoms. The SMILES string of the molecule is C[C@H](NC(=O)c1nc[nH]c1C(=O)O)c1ccccn1. The second-order valence-corrected chi connectivity index (χ2v) is 3.88. The number of amides is 1. The van der Waals surface area contributed by atoms with Gasteiger partial charge in [0, 0.05) is 6.20 Å². The first-order chi connectivity index (χ1) is 9.09. The molecule has 19 heavy (non-hydrogen) atoms. The summed E-state index contributed by atoms with van der Waals surface area (Å²) in [6.07, 6.45) is 2.79. The van der Waals surface area contributed by atoms with Crippen LogP contribution in [0.25, 0.3) is 0 Å². The van der Waals surface area contributed by atoms with E-state index in [1.165, 1.54) is 6.33 Å². The lowest BCUT2D eigenvalue weighted by molar-refractivity contribution is 0.0684. The second-order valence-electron chi connectivity index (χ2n) is 3.88. The van der Waals surface area contributed by atoms with Gasteiger partial charge in [0.15, 0.2) is 11.4 Å². The summed E-state index contributed by atoms with van der Waals surface area (Å²) in [5.41, 5.74) is 0.310. The van der Waals surface area contributed by atoms with Gasteiger partial charge in [-0.25, -0.2) is 9.78 Å². The molecule has 98 valence electrons. The number of rotatable bonds is 4. The fourth-order valence-corrected chi connectivity index (χ4v) is 1.60. The number of H-pyrrole nitrogens is 1. The molecule has 1 amide bonds. The van der Waals surface area contributed by atoms with E-state index in [2.05, 4.69) is 20.3 Å². The molecule has 0 aliphatic carbocycles. The highest BCUT2D eigenvalue weighted by Gasteiger charge is 2.21. The van der Waals surface area contributed by atoms with Crippen molar-refractivity contribution in [3.8, 4) is 0 Å². The predicted molar refractivity (Wildman–Crippen MR) is 65.7 cm³/mol. The predicted octanol–water partition coefficient (Wildman–Crippen LogP) is 0.994. The van der Waals surface area contributed by atoms with Gasteiger partial charge >= 0.3 is 5.97 Å². The molecule has 2 aromatic heterocycles. The van der Waals surface area contributed by atoms with Crippen molar-refractivity contribution >= 4 is 11.9 Å². The van der Waals surface area contributed by atoms with Crippen molar-refractivity contribution < 1.29 is 14.7 Å². The van der Waals surface area contributed by atoms with Crippen LogP contribution in [0.5, 0.6) is 0 Å². The van der Waals surface area contributed by atoms with Crippen LogP contribution >= 0.6 is 0 Å². The Balaban J connectivity index is 2.13. The van der Waals surface area contributed by atoms with Gasteiger partial charge in [-0.2, -0.15) is 0 Å². The van der Waals surface area contributed by atoms with Gasteiger partial charge in [0.1, 0.15) is 0 Å². The molecular weight excluding hydrogens is 248 g/mol. The van der Waals surface area contributed by atoms with Gasteiger partial charge in [-0.15, -0.1) is 0 Å². The Morgan fingerprint density at radius 2 is 2.16 bits per heavy atom. The Bertz CT molecular complexity index is 594. The third kappa shape index (κ3) is 2.76. The number of nitrogens with zero attached hydrogens (tertiary/aromatic N) is 2. The third-order valence-electron chi connectivity index (χ3n) is 2.55. The van der Waals surface area contributed by atoms with Crippen LogP contribution in [0.3, 0.4) is 0 Å². The van der Waals surface area contributed by atoms with E-state index < -0.39 is 11.9 Å². The number of nitrogens with one attached hydrogen (secondary N) is 2. The van der Waals surface area contributed by atoms with E-state index in [1.54, 1.807) is 25.3 Å². The van der Waals surface area contributed by atoms with E-state index in [4.69, 9.17) is 5.11 Å². The van der Waals surface area contributed by atoms with E-state index in [9.17, 15) is 9.59 Å². The van der Waals surface area contributed by atoms with E-state index in [-0.39, 0.29) is 17.4 Å². The van der Waals surface area contributed by atoms with Crippen LogP contribution in [-0.2, 0) is 0 Å². The summed E-state index contributed by atoms with van der Waals surface area (Å²) < 4.78 is 0. The minimum atomic E-state index is -1.23. The Morgan fingerprint density at radius 1 is 1.37 bits per heavy atom.